The first-order chi connectivity index (χ1) is 11.4. The average Bonchev–Trinajstić information content (AvgIpc) is 3.10. The van der Waals surface area contributed by atoms with Gasteiger partial charge in [-0.1, -0.05) is 20.8 Å². The number of hydrogen-bond acceptors (Lipinski definition) is 5. The van der Waals surface area contributed by atoms with Gasteiger partial charge in [-0.3, -0.25) is 4.99 Å². The normalized spacial score (nSPS) is 20.5. The van der Waals surface area contributed by atoms with Gasteiger partial charge in [-0.25, -0.2) is 8.42 Å². The second-order valence-corrected chi connectivity index (χ2v) is 8.78. The summed E-state index contributed by atoms with van der Waals surface area (Å²) >= 11 is 0. The highest BCUT2D eigenvalue weighted by molar-refractivity contribution is 7.91. The van der Waals surface area contributed by atoms with Crippen molar-refractivity contribution < 1.29 is 8.42 Å². The van der Waals surface area contributed by atoms with E-state index in [0.29, 0.717) is 31.4 Å². The molecule has 1 atom stereocenters. The molecule has 1 aliphatic rings. The number of sulfone groups is 1. The third-order valence-corrected chi connectivity index (χ3v) is 5.61. The number of guanidine groups is 1. The van der Waals surface area contributed by atoms with E-state index in [9.17, 15) is 8.42 Å². The van der Waals surface area contributed by atoms with Crippen molar-refractivity contribution in [2.24, 2.45) is 10.9 Å². The molecule has 1 aromatic rings. The largest absolute Gasteiger partial charge is 0.355 e. The molecule has 0 aliphatic carbocycles. The van der Waals surface area contributed by atoms with Crippen LogP contribution in [0.4, 0.5) is 0 Å². The first-order valence-corrected chi connectivity index (χ1v) is 10.3. The number of nitrogens with one attached hydrogen (secondary N) is 2. The lowest BCUT2D eigenvalue weighted by Crippen LogP contribution is -2.45. The maximum atomic E-state index is 11.6. The molecule has 0 amide bonds. The lowest BCUT2D eigenvalue weighted by atomic mass is 10.2. The molecule has 8 nitrogen and oxygen atoms in total. The monoisotopic (exact) mass is 356 g/mol. The molecule has 2 N–H and O–H groups in total. The summed E-state index contributed by atoms with van der Waals surface area (Å²) in [5, 5.41) is 14.5. The van der Waals surface area contributed by atoms with Gasteiger partial charge >= 0.3 is 0 Å². The van der Waals surface area contributed by atoms with Crippen LogP contribution in [-0.4, -0.2) is 59.8 Å². The number of rotatable bonds is 7. The van der Waals surface area contributed by atoms with Crippen LogP contribution < -0.4 is 10.6 Å². The summed E-state index contributed by atoms with van der Waals surface area (Å²) in [5.41, 5.74) is 0. The molecule has 1 aromatic heterocycles. The Kier molecular flexibility index (Phi) is 6.59. The number of hydrogen-bond donors (Lipinski definition) is 2. The minimum atomic E-state index is -2.90. The quantitative estimate of drug-likeness (QED) is 0.535. The summed E-state index contributed by atoms with van der Waals surface area (Å²) in [5.74, 6) is 2.51. The zero-order valence-electron chi connectivity index (χ0n) is 14.7. The van der Waals surface area contributed by atoms with E-state index >= 15 is 0 Å². The maximum Gasteiger partial charge on any atom is 0.191 e. The van der Waals surface area contributed by atoms with Gasteiger partial charge in [-0.2, -0.15) is 0 Å². The number of aryl methyl sites for hydroxylation is 1. The predicted octanol–water partition coefficient (Wildman–Crippen LogP) is 0.219. The molecule has 1 saturated heterocycles. The molecule has 0 spiro atoms. The molecule has 1 fully saturated rings. The van der Waals surface area contributed by atoms with Crippen LogP contribution in [0, 0.1) is 5.92 Å². The van der Waals surface area contributed by atoms with Crippen LogP contribution in [0.25, 0.3) is 0 Å². The molecule has 1 aliphatic heterocycles. The van der Waals surface area contributed by atoms with E-state index in [2.05, 4.69) is 39.7 Å². The van der Waals surface area contributed by atoms with Crippen molar-refractivity contribution in [1.82, 2.24) is 25.4 Å². The molecule has 24 heavy (non-hydrogen) atoms. The SMILES string of the molecule is CCc1nncn1CCNC(=NCC(C)C)NC1CCS(=O)(=O)C1. The van der Waals surface area contributed by atoms with Crippen LogP contribution in [-0.2, 0) is 22.8 Å². The van der Waals surface area contributed by atoms with E-state index in [-0.39, 0.29) is 17.5 Å². The molecular formula is C15H28N6O2S. The molecule has 9 heteroatoms. The molecule has 0 radical (unpaired) electrons. The zero-order valence-corrected chi connectivity index (χ0v) is 15.5. The standard InChI is InChI=1S/C15H28N6O2S/c1-4-14-20-18-11-21(14)7-6-16-15(17-9-12(2)3)19-13-5-8-24(22,23)10-13/h11-13H,4-10H2,1-3H3,(H2,16,17,19). The fourth-order valence-corrected chi connectivity index (χ4v) is 4.24. The Hall–Kier alpha value is -1.64. The van der Waals surface area contributed by atoms with Gasteiger partial charge in [0.05, 0.1) is 11.5 Å². The fraction of sp³-hybridized carbons (Fsp3) is 0.800. The van der Waals surface area contributed by atoms with Gasteiger partial charge in [0.2, 0.25) is 0 Å². The fourth-order valence-electron chi connectivity index (χ4n) is 2.56. The van der Waals surface area contributed by atoms with Gasteiger partial charge in [-0.05, 0) is 12.3 Å². The molecule has 2 rings (SSSR count). The van der Waals surface area contributed by atoms with Crippen molar-refractivity contribution in [2.45, 2.75) is 46.2 Å². The Morgan fingerprint density at radius 1 is 1.50 bits per heavy atom. The Morgan fingerprint density at radius 3 is 2.92 bits per heavy atom. The van der Waals surface area contributed by atoms with Crippen LogP contribution >= 0.6 is 0 Å². The maximum absolute atomic E-state index is 11.6. The van der Waals surface area contributed by atoms with E-state index in [4.69, 9.17) is 0 Å². The highest BCUT2D eigenvalue weighted by Crippen LogP contribution is 2.11. The third kappa shape index (κ3) is 5.77. The number of aromatic nitrogens is 3. The summed E-state index contributed by atoms with van der Waals surface area (Å²) in [6.07, 6.45) is 3.20. The predicted molar refractivity (Wildman–Crippen MR) is 94.7 cm³/mol. The Bertz CT molecular complexity index is 653. The molecule has 0 saturated carbocycles. The van der Waals surface area contributed by atoms with E-state index in [1.807, 2.05) is 11.5 Å². The van der Waals surface area contributed by atoms with Gasteiger partial charge < -0.3 is 15.2 Å². The second-order valence-electron chi connectivity index (χ2n) is 6.55. The molecule has 2 heterocycles. The van der Waals surface area contributed by atoms with Gasteiger partial charge in [0, 0.05) is 32.1 Å². The first kappa shape index (κ1) is 18.7. The van der Waals surface area contributed by atoms with E-state index < -0.39 is 9.84 Å². The van der Waals surface area contributed by atoms with Crippen molar-refractivity contribution >= 4 is 15.8 Å². The molecule has 1 unspecified atom stereocenters. The smallest absolute Gasteiger partial charge is 0.191 e. The minimum Gasteiger partial charge on any atom is -0.355 e. The van der Waals surface area contributed by atoms with Crippen LogP contribution in [0.3, 0.4) is 0 Å². The van der Waals surface area contributed by atoms with E-state index in [0.717, 1.165) is 18.8 Å². The van der Waals surface area contributed by atoms with Gasteiger partial charge in [-0.15, -0.1) is 10.2 Å². The molecule has 136 valence electrons. The van der Waals surface area contributed by atoms with Crippen molar-refractivity contribution in [2.75, 3.05) is 24.6 Å². The molecule has 0 aromatic carbocycles. The highest BCUT2D eigenvalue weighted by atomic mass is 32.2. The first-order valence-electron chi connectivity index (χ1n) is 8.51. The summed E-state index contributed by atoms with van der Waals surface area (Å²) in [6, 6.07) is -0.0606. The van der Waals surface area contributed by atoms with Gasteiger partial charge in [0.25, 0.3) is 0 Å². The van der Waals surface area contributed by atoms with Crippen LogP contribution in [0.2, 0.25) is 0 Å². The van der Waals surface area contributed by atoms with Crippen molar-refractivity contribution in [3.8, 4) is 0 Å². The molecule has 0 bridgehead atoms. The topological polar surface area (TPSA) is 101 Å². The van der Waals surface area contributed by atoms with E-state index in [1.165, 1.54) is 0 Å². The Morgan fingerprint density at radius 2 is 2.29 bits per heavy atom. The summed E-state index contributed by atoms with van der Waals surface area (Å²) in [7, 11) is -2.90. The minimum absolute atomic E-state index is 0.0606. The zero-order chi connectivity index (χ0) is 17.6. The summed E-state index contributed by atoms with van der Waals surface area (Å²) in [4.78, 5) is 4.55. The van der Waals surface area contributed by atoms with E-state index in [1.54, 1.807) is 6.33 Å². The highest BCUT2D eigenvalue weighted by Gasteiger charge is 2.28. The van der Waals surface area contributed by atoms with Gasteiger partial charge in [0.1, 0.15) is 12.2 Å². The van der Waals surface area contributed by atoms with Gasteiger partial charge in [0.15, 0.2) is 15.8 Å². The van der Waals surface area contributed by atoms with Crippen LogP contribution in [0.5, 0.6) is 0 Å². The third-order valence-electron chi connectivity index (χ3n) is 3.84. The van der Waals surface area contributed by atoms with Crippen LogP contribution in [0.15, 0.2) is 11.3 Å². The summed E-state index contributed by atoms with van der Waals surface area (Å²) in [6.45, 7) is 8.36. The lowest BCUT2D eigenvalue weighted by molar-refractivity contribution is 0.594. The number of nitrogens with zero attached hydrogens (tertiary/aromatic N) is 4. The molecular weight excluding hydrogens is 328 g/mol. The van der Waals surface area contributed by atoms with Crippen molar-refractivity contribution in [1.29, 1.82) is 0 Å². The van der Waals surface area contributed by atoms with Crippen LogP contribution in [0.1, 0.15) is 33.0 Å². The Labute approximate surface area is 144 Å². The Balaban J connectivity index is 1.90. The lowest BCUT2D eigenvalue weighted by Gasteiger charge is -2.17. The number of aliphatic imine (C=N–C) groups is 1. The average molecular weight is 356 g/mol. The second kappa shape index (κ2) is 8.46. The van der Waals surface area contributed by atoms with Crippen molar-refractivity contribution in [3.05, 3.63) is 12.2 Å². The summed E-state index contributed by atoms with van der Waals surface area (Å²) < 4.78 is 25.2. The van der Waals surface area contributed by atoms with Crippen molar-refractivity contribution in [3.63, 3.8) is 0 Å².